The number of aryl methyl sites for hydroxylation is 1. The number of nitrogens with two attached hydrogens (primary N) is 1. The molecule has 8 nitrogen and oxygen atoms in total. The molecule has 2 aliphatic rings. The van der Waals surface area contributed by atoms with Crippen LogP contribution in [0.4, 0.5) is 5.69 Å². The van der Waals surface area contributed by atoms with Crippen molar-refractivity contribution in [2.24, 2.45) is 5.73 Å². The van der Waals surface area contributed by atoms with Gasteiger partial charge in [0, 0.05) is 42.0 Å². The maximum Gasteiger partial charge on any atom is 0.253 e. The van der Waals surface area contributed by atoms with Crippen molar-refractivity contribution in [2.75, 3.05) is 38.7 Å². The molecule has 1 unspecified atom stereocenters. The maximum atomic E-state index is 12.5. The molecule has 1 atom stereocenters. The number of amides is 1. The van der Waals surface area contributed by atoms with Crippen LogP contribution in [-0.4, -0.2) is 65.6 Å². The molecule has 1 fully saturated rings. The van der Waals surface area contributed by atoms with Gasteiger partial charge in [-0.1, -0.05) is 0 Å². The van der Waals surface area contributed by atoms with Crippen molar-refractivity contribution in [1.82, 2.24) is 19.9 Å². The molecule has 2 aromatic heterocycles. The van der Waals surface area contributed by atoms with Gasteiger partial charge in [0.15, 0.2) is 0 Å². The lowest BCUT2D eigenvalue weighted by molar-refractivity contribution is 0.100. The molecule has 3 aromatic rings. The number of imidazole rings is 1. The van der Waals surface area contributed by atoms with Gasteiger partial charge in [0.1, 0.15) is 0 Å². The summed E-state index contributed by atoms with van der Waals surface area (Å²) < 4.78 is 5.68. The van der Waals surface area contributed by atoms with Gasteiger partial charge in [-0.25, -0.2) is 9.97 Å². The van der Waals surface area contributed by atoms with Gasteiger partial charge < -0.3 is 25.3 Å². The molecule has 1 aromatic carbocycles. The van der Waals surface area contributed by atoms with E-state index in [9.17, 15) is 4.79 Å². The number of nitrogens with one attached hydrogen (secondary N) is 1. The highest BCUT2D eigenvalue weighted by molar-refractivity contribution is 6.12. The number of carbonyl (C=O) groups excluding carboxylic acids is 1. The van der Waals surface area contributed by atoms with Gasteiger partial charge in [0.2, 0.25) is 5.88 Å². The van der Waals surface area contributed by atoms with Crippen molar-refractivity contribution >= 4 is 22.6 Å². The molecule has 0 saturated carbocycles. The monoisotopic (exact) mass is 420 g/mol. The van der Waals surface area contributed by atoms with Crippen molar-refractivity contribution < 1.29 is 9.53 Å². The number of hydrogen-bond acceptors (Lipinski definition) is 6. The van der Waals surface area contributed by atoms with Crippen molar-refractivity contribution in [3.05, 3.63) is 35.8 Å². The molecule has 3 N–H and O–H groups in total. The lowest BCUT2D eigenvalue weighted by atomic mass is 9.96. The smallest absolute Gasteiger partial charge is 0.253 e. The van der Waals surface area contributed by atoms with Gasteiger partial charge in [-0.2, -0.15) is 0 Å². The van der Waals surface area contributed by atoms with Crippen molar-refractivity contribution in [1.29, 1.82) is 0 Å². The van der Waals surface area contributed by atoms with E-state index in [-0.39, 0.29) is 0 Å². The first kappa shape index (κ1) is 19.8. The Bertz CT molecular complexity index is 1140. The van der Waals surface area contributed by atoms with Gasteiger partial charge in [-0.3, -0.25) is 4.79 Å². The fraction of sp³-hybridized carbons (Fsp3) is 0.435. The van der Waals surface area contributed by atoms with Crippen LogP contribution in [0, 0.1) is 0 Å². The Hall–Kier alpha value is -3.13. The molecule has 0 aliphatic carbocycles. The van der Waals surface area contributed by atoms with Crippen LogP contribution in [0.1, 0.15) is 35.2 Å². The van der Waals surface area contributed by atoms with E-state index < -0.39 is 5.91 Å². The molecule has 31 heavy (non-hydrogen) atoms. The van der Waals surface area contributed by atoms with Crippen LogP contribution in [-0.2, 0) is 6.42 Å². The first-order chi connectivity index (χ1) is 15.0. The molecule has 162 valence electrons. The second kappa shape index (κ2) is 7.85. The van der Waals surface area contributed by atoms with E-state index in [2.05, 4.69) is 51.0 Å². The number of ether oxygens (including phenoxy) is 1. The highest BCUT2D eigenvalue weighted by Crippen LogP contribution is 2.38. The minimum atomic E-state index is -0.445. The summed E-state index contributed by atoms with van der Waals surface area (Å²) in [5.74, 6) is 0.270. The third-order valence-electron chi connectivity index (χ3n) is 6.46. The predicted octanol–water partition coefficient (Wildman–Crippen LogP) is 2.58. The van der Waals surface area contributed by atoms with Gasteiger partial charge in [-0.15, -0.1) is 0 Å². The number of H-pyrrole nitrogens is 1. The van der Waals surface area contributed by atoms with Gasteiger partial charge >= 0.3 is 0 Å². The van der Waals surface area contributed by atoms with Crippen LogP contribution in [0.2, 0.25) is 0 Å². The predicted molar refractivity (Wildman–Crippen MR) is 121 cm³/mol. The highest BCUT2D eigenvalue weighted by atomic mass is 16.5. The van der Waals surface area contributed by atoms with E-state index >= 15 is 0 Å². The van der Waals surface area contributed by atoms with Crippen LogP contribution in [0.15, 0.2) is 24.7 Å². The summed E-state index contributed by atoms with van der Waals surface area (Å²) in [5, 5.41) is 0. The SMILES string of the molecule is CN(C)C1CCCN(c2cc(-c3cnc4c(c3)CCCO4)c3nc[nH]c3c2C(N)=O)C1. The number of pyridine rings is 1. The number of benzene rings is 1. The molecular formula is C23H28N6O2. The summed E-state index contributed by atoms with van der Waals surface area (Å²) in [4.78, 5) is 29.3. The molecule has 8 heteroatoms. The first-order valence-electron chi connectivity index (χ1n) is 10.9. The average Bonchev–Trinajstić information content (AvgIpc) is 3.27. The second-order valence-electron chi connectivity index (χ2n) is 8.65. The van der Waals surface area contributed by atoms with E-state index in [1.165, 1.54) is 0 Å². The summed E-state index contributed by atoms with van der Waals surface area (Å²) in [6.07, 6.45) is 7.60. The summed E-state index contributed by atoms with van der Waals surface area (Å²) in [5.41, 5.74) is 11.7. The number of aromatic nitrogens is 3. The number of nitrogens with zero attached hydrogens (tertiary/aromatic N) is 4. The van der Waals surface area contributed by atoms with Gasteiger partial charge in [0.05, 0.1) is 35.2 Å². The van der Waals surface area contributed by atoms with Crippen LogP contribution < -0.4 is 15.4 Å². The Balaban J connectivity index is 1.67. The maximum absolute atomic E-state index is 12.5. The van der Waals surface area contributed by atoms with Crippen LogP contribution in [0.25, 0.3) is 22.2 Å². The summed E-state index contributed by atoms with van der Waals surface area (Å²) >= 11 is 0. The molecule has 4 heterocycles. The zero-order chi connectivity index (χ0) is 21.5. The third-order valence-corrected chi connectivity index (χ3v) is 6.46. The standard InChI is InChI=1S/C23H28N6O2/c1-28(2)16-6-3-7-29(12-16)18-10-17(20-21(27-13-26-20)19(18)22(24)30)15-9-14-5-4-8-31-23(14)25-11-15/h9-11,13,16H,3-8,12H2,1-2H3,(H2,24,30)(H,26,27). The minimum absolute atomic E-state index is 0.429. The number of piperidine rings is 1. The molecule has 5 rings (SSSR count). The number of anilines is 1. The van der Waals surface area contributed by atoms with E-state index in [0.29, 0.717) is 29.6 Å². The normalized spacial score (nSPS) is 18.8. The lowest BCUT2D eigenvalue weighted by Crippen LogP contribution is -2.45. The first-order valence-corrected chi connectivity index (χ1v) is 10.9. The number of likely N-dealkylation sites (N-methyl/N-ethyl adjacent to an activating group) is 1. The molecule has 0 spiro atoms. The molecule has 2 aliphatic heterocycles. The Labute approximate surface area is 181 Å². The van der Waals surface area contributed by atoms with Crippen molar-refractivity contribution in [2.45, 2.75) is 31.7 Å². The zero-order valence-corrected chi connectivity index (χ0v) is 18.0. The Morgan fingerprint density at radius 2 is 2.16 bits per heavy atom. The number of primary amides is 1. The van der Waals surface area contributed by atoms with E-state index in [1.807, 2.05) is 6.20 Å². The van der Waals surface area contributed by atoms with Crippen LogP contribution >= 0.6 is 0 Å². The van der Waals surface area contributed by atoms with Crippen LogP contribution in [0.3, 0.4) is 0 Å². The summed E-state index contributed by atoms with van der Waals surface area (Å²) in [7, 11) is 4.21. The summed E-state index contributed by atoms with van der Waals surface area (Å²) in [6, 6.07) is 4.63. The number of hydrogen-bond donors (Lipinski definition) is 2. The quantitative estimate of drug-likeness (QED) is 0.673. The molecule has 1 saturated heterocycles. The molecule has 1 amide bonds. The van der Waals surface area contributed by atoms with Crippen LogP contribution in [0.5, 0.6) is 5.88 Å². The zero-order valence-electron chi connectivity index (χ0n) is 18.0. The Kier molecular flexibility index (Phi) is 5.02. The molecular weight excluding hydrogens is 392 g/mol. The highest BCUT2D eigenvalue weighted by Gasteiger charge is 2.28. The number of rotatable bonds is 4. The minimum Gasteiger partial charge on any atom is -0.477 e. The van der Waals surface area contributed by atoms with E-state index in [0.717, 1.165) is 66.7 Å². The van der Waals surface area contributed by atoms with E-state index in [4.69, 9.17) is 10.5 Å². The fourth-order valence-electron chi connectivity index (χ4n) is 4.79. The topological polar surface area (TPSA) is 100 Å². The van der Waals surface area contributed by atoms with Crippen molar-refractivity contribution in [3.63, 3.8) is 0 Å². The number of carbonyl (C=O) groups is 1. The molecule has 0 bridgehead atoms. The Morgan fingerprint density at radius 1 is 1.29 bits per heavy atom. The number of fused-ring (bicyclic) bond motifs is 2. The Morgan fingerprint density at radius 3 is 2.97 bits per heavy atom. The third kappa shape index (κ3) is 3.50. The number of aromatic amines is 1. The largest absolute Gasteiger partial charge is 0.477 e. The average molecular weight is 421 g/mol. The fourth-order valence-corrected chi connectivity index (χ4v) is 4.79. The summed E-state index contributed by atoms with van der Waals surface area (Å²) in [6.45, 7) is 2.45. The molecule has 0 radical (unpaired) electrons. The lowest BCUT2D eigenvalue weighted by Gasteiger charge is -2.38. The van der Waals surface area contributed by atoms with E-state index in [1.54, 1.807) is 6.33 Å². The van der Waals surface area contributed by atoms with Gasteiger partial charge in [0.25, 0.3) is 5.91 Å². The van der Waals surface area contributed by atoms with Gasteiger partial charge in [-0.05, 0) is 51.9 Å². The van der Waals surface area contributed by atoms with Crippen molar-refractivity contribution in [3.8, 4) is 17.0 Å². The second-order valence-corrected chi connectivity index (χ2v) is 8.65.